The summed E-state index contributed by atoms with van der Waals surface area (Å²) in [7, 11) is 0. The minimum absolute atomic E-state index is 0.0475. The van der Waals surface area contributed by atoms with Crippen LogP contribution in [0, 0.1) is 16.7 Å². The fraction of sp³-hybridized carbons (Fsp3) is 0.321. The molecular weight excluding hydrogens is 456 g/mol. The first-order valence-corrected chi connectivity index (χ1v) is 12.0. The van der Waals surface area contributed by atoms with E-state index in [0.717, 1.165) is 22.1 Å². The molecule has 1 unspecified atom stereocenters. The van der Waals surface area contributed by atoms with E-state index in [-0.39, 0.29) is 23.5 Å². The number of nitrogens with two attached hydrogens (primary N) is 1. The van der Waals surface area contributed by atoms with Crippen molar-refractivity contribution >= 4 is 22.9 Å². The van der Waals surface area contributed by atoms with Gasteiger partial charge in [-0.2, -0.15) is 5.26 Å². The molecule has 0 spiro atoms. The summed E-state index contributed by atoms with van der Waals surface area (Å²) in [6.07, 6.45) is 7.17. The Morgan fingerprint density at radius 2 is 1.89 bits per heavy atom. The number of primary amides is 1. The van der Waals surface area contributed by atoms with Crippen LogP contribution < -0.4 is 15.8 Å². The molecule has 0 radical (unpaired) electrons. The first-order chi connectivity index (χ1) is 17.4. The Bertz CT molecular complexity index is 1230. The molecule has 1 atom stereocenters. The molecule has 0 aromatic heterocycles. The summed E-state index contributed by atoms with van der Waals surface area (Å²) in [5.41, 5.74) is 6.09. The van der Waals surface area contributed by atoms with Crippen LogP contribution in [-0.2, 0) is 0 Å². The maximum absolute atomic E-state index is 10.6. The number of carbonyl (C=O) groups is 1. The molecule has 0 bridgehead atoms. The average Bonchev–Trinajstić information content (AvgIpc) is 2.91. The molecule has 3 aromatic rings. The summed E-state index contributed by atoms with van der Waals surface area (Å²) in [6.45, 7) is 0.842. The predicted octanol–water partition coefficient (Wildman–Crippen LogP) is 3.86. The average molecular weight is 489 g/mol. The van der Waals surface area contributed by atoms with E-state index in [0.29, 0.717) is 12.6 Å². The lowest BCUT2D eigenvalue weighted by atomic mass is 9.95. The molecule has 3 aromatic carbocycles. The van der Waals surface area contributed by atoms with Crippen molar-refractivity contribution in [3.8, 4) is 17.6 Å². The number of phenols is 1. The van der Waals surface area contributed by atoms with Gasteiger partial charge in [-0.15, -0.1) is 0 Å². The van der Waals surface area contributed by atoms with Gasteiger partial charge in [0.15, 0.2) is 0 Å². The summed E-state index contributed by atoms with van der Waals surface area (Å²) in [5, 5.41) is 40.6. The van der Waals surface area contributed by atoms with Gasteiger partial charge in [-0.25, -0.2) is 0 Å². The number of aromatic hydroxyl groups is 1. The summed E-state index contributed by atoms with van der Waals surface area (Å²) in [4.78, 5) is 10.6. The molecule has 0 heterocycles. The van der Waals surface area contributed by atoms with Crippen molar-refractivity contribution in [1.82, 2.24) is 5.32 Å². The number of ether oxygens (including phenoxy) is 1. The lowest BCUT2D eigenvalue weighted by Crippen LogP contribution is -2.38. The number of nitriles is 1. The van der Waals surface area contributed by atoms with Gasteiger partial charge in [-0.1, -0.05) is 43.5 Å². The maximum Gasteiger partial charge on any atom is 0.248 e. The largest absolute Gasteiger partial charge is 0.507 e. The van der Waals surface area contributed by atoms with Crippen LogP contribution in [0.1, 0.15) is 53.6 Å². The minimum atomic E-state index is -0.619. The van der Waals surface area contributed by atoms with E-state index in [9.17, 15) is 9.90 Å². The number of benzene rings is 3. The molecule has 188 valence electrons. The Balaban J connectivity index is 0.000000253. The zero-order chi connectivity index (χ0) is 25.9. The zero-order valence-corrected chi connectivity index (χ0v) is 20.1. The standard InChI is InChI=1S/C20H26N2O2.C8H6N2O2/c21-12-15-10-11-20(19-9-5-4-8-18(15)19)24-14-17(23)13-22-16-6-2-1-3-7-16;9-4-6-3-5(8(10)12)1-2-7(6)11/h4-5,8-12,16-17,21-23H,1-3,6-7,13-14H2;1-3,11H,(H2,10,12). The van der Waals surface area contributed by atoms with E-state index in [2.05, 4.69) is 5.32 Å². The fourth-order valence-corrected chi connectivity index (χ4v) is 4.18. The smallest absolute Gasteiger partial charge is 0.248 e. The third-order valence-electron chi connectivity index (χ3n) is 6.15. The molecule has 1 aliphatic rings. The van der Waals surface area contributed by atoms with Crippen LogP contribution >= 0.6 is 0 Å². The topological polar surface area (TPSA) is 152 Å². The van der Waals surface area contributed by atoms with E-state index >= 15 is 0 Å². The van der Waals surface area contributed by atoms with Crippen molar-refractivity contribution in [2.45, 2.75) is 44.2 Å². The van der Waals surface area contributed by atoms with Gasteiger partial charge in [0.05, 0.1) is 5.56 Å². The van der Waals surface area contributed by atoms with Crippen molar-refractivity contribution < 1.29 is 19.7 Å². The molecule has 1 aliphatic carbocycles. The van der Waals surface area contributed by atoms with E-state index in [1.54, 1.807) is 6.07 Å². The van der Waals surface area contributed by atoms with Crippen LogP contribution in [0.25, 0.3) is 10.8 Å². The molecule has 1 amide bonds. The number of nitrogens with one attached hydrogen (secondary N) is 2. The van der Waals surface area contributed by atoms with Crippen LogP contribution in [0.3, 0.4) is 0 Å². The number of hydrogen-bond donors (Lipinski definition) is 5. The van der Waals surface area contributed by atoms with Gasteiger partial charge in [-0.3, -0.25) is 4.79 Å². The van der Waals surface area contributed by atoms with Crippen molar-refractivity contribution in [1.29, 1.82) is 10.7 Å². The first-order valence-electron chi connectivity index (χ1n) is 12.0. The molecule has 1 saturated carbocycles. The Morgan fingerprint density at radius 1 is 1.17 bits per heavy atom. The number of carbonyl (C=O) groups excluding carboxylic acids is 1. The van der Waals surface area contributed by atoms with Crippen LogP contribution in [0.15, 0.2) is 54.6 Å². The zero-order valence-electron chi connectivity index (χ0n) is 20.1. The molecular formula is C28H32N4O4. The molecule has 4 rings (SSSR count). The van der Waals surface area contributed by atoms with Gasteiger partial charge >= 0.3 is 0 Å². The van der Waals surface area contributed by atoms with E-state index in [4.69, 9.17) is 26.2 Å². The van der Waals surface area contributed by atoms with Crippen molar-refractivity contribution in [2.24, 2.45) is 5.73 Å². The quantitative estimate of drug-likeness (QED) is 0.304. The number of fused-ring (bicyclic) bond motifs is 1. The number of phenolic OH excluding ortho intramolecular Hbond substituents is 1. The number of hydrogen-bond acceptors (Lipinski definition) is 7. The normalized spacial score (nSPS) is 14.2. The van der Waals surface area contributed by atoms with E-state index < -0.39 is 12.0 Å². The molecule has 0 aliphatic heterocycles. The van der Waals surface area contributed by atoms with Crippen molar-refractivity contribution in [2.75, 3.05) is 13.2 Å². The Kier molecular flexibility index (Phi) is 9.81. The molecule has 1 fully saturated rings. The number of rotatable bonds is 8. The van der Waals surface area contributed by atoms with Gasteiger partial charge in [0.1, 0.15) is 30.3 Å². The number of amides is 1. The lowest BCUT2D eigenvalue weighted by Gasteiger charge is -2.24. The molecule has 8 nitrogen and oxygen atoms in total. The predicted molar refractivity (Wildman–Crippen MR) is 140 cm³/mol. The highest BCUT2D eigenvalue weighted by Gasteiger charge is 2.15. The molecule has 6 N–H and O–H groups in total. The Morgan fingerprint density at radius 3 is 2.56 bits per heavy atom. The van der Waals surface area contributed by atoms with Gasteiger partial charge in [0, 0.05) is 35.3 Å². The summed E-state index contributed by atoms with van der Waals surface area (Å²) < 4.78 is 5.86. The van der Waals surface area contributed by atoms with E-state index in [1.807, 2.05) is 36.4 Å². The SMILES string of the molecule is N#Cc1cc(C(N)=O)ccc1O.N=Cc1ccc(OCC(O)CNC2CCCCC2)c2ccccc12. The van der Waals surface area contributed by atoms with Gasteiger partial charge in [-0.05, 0) is 48.6 Å². The van der Waals surface area contributed by atoms with Crippen LogP contribution in [-0.4, -0.2) is 47.6 Å². The monoisotopic (exact) mass is 488 g/mol. The van der Waals surface area contributed by atoms with Crippen molar-refractivity contribution in [3.05, 3.63) is 71.3 Å². The second kappa shape index (κ2) is 13.2. The summed E-state index contributed by atoms with van der Waals surface area (Å²) in [5.74, 6) is -0.0121. The third-order valence-corrected chi connectivity index (χ3v) is 6.15. The highest BCUT2D eigenvalue weighted by molar-refractivity contribution is 6.01. The second-order valence-corrected chi connectivity index (χ2v) is 8.76. The number of nitrogens with zero attached hydrogens (tertiary/aromatic N) is 1. The summed E-state index contributed by atoms with van der Waals surface area (Å²) in [6, 6.07) is 17.8. The maximum atomic E-state index is 10.6. The van der Waals surface area contributed by atoms with Crippen LogP contribution in [0.4, 0.5) is 0 Å². The Hall–Kier alpha value is -3.93. The minimum Gasteiger partial charge on any atom is -0.507 e. The lowest BCUT2D eigenvalue weighted by molar-refractivity contribution is 0.1000. The van der Waals surface area contributed by atoms with E-state index in [1.165, 1.54) is 56.5 Å². The van der Waals surface area contributed by atoms with Crippen molar-refractivity contribution in [3.63, 3.8) is 0 Å². The highest BCUT2D eigenvalue weighted by atomic mass is 16.5. The highest BCUT2D eigenvalue weighted by Crippen LogP contribution is 2.28. The van der Waals surface area contributed by atoms with Crippen LogP contribution in [0.5, 0.6) is 11.5 Å². The van der Waals surface area contributed by atoms with Gasteiger partial charge in [0.25, 0.3) is 0 Å². The number of aliphatic hydroxyl groups is 1. The third kappa shape index (κ3) is 7.28. The van der Waals surface area contributed by atoms with Gasteiger partial charge < -0.3 is 31.4 Å². The molecule has 0 saturated heterocycles. The Labute approximate surface area is 210 Å². The first kappa shape index (κ1) is 26.7. The fourth-order valence-electron chi connectivity index (χ4n) is 4.18. The number of aliphatic hydroxyl groups excluding tert-OH is 1. The van der Waals surface area contributed by atoms with Crippen LogP contribution in [0.2, 0.25) is 0 Å². The van der Waals surface area contributed by atoms with Gasteiger partial charge in [0.2, 0.25) is 5.91 Å². The summed E-state index contributed by atoms with van der Waals surface area (Å²) >= 11 is 0. The molecule has 36 heavy (non-hydrogen) atoms. The second-order valence-electron chi connectivity index (χ2n) is 8.76. The molecule has 8 heteroatoms.